The quantitative estimate of drug-likeness (QED) is 0.321. The minimum absolute atomic E-state index is 0.0882. The number of carbonyl (C=O) groups is 4. The predicted molar refractivity (Wildman–Crippen MR) is 141 cm³/mol. The van der Waals surface area contributed by atoms with Crippen LogP contribution in [0.5, 0.6) is 0 Å². The van der Waals surface area contributed by atoms with E-state index in [9.17, 15) is 19.2 Å². The van der Waals surface area contributed by atoms with Crippen LogP contribution in [0, 0.1) is 0 Å². The lowest BCUT2D eigenvalue weighted by molar-refractivity contribution is -0.135. The molecule has 0 unspecified atom stereocenters. The zero-order valence-electron chi connectivity index (χ0n) is 21.3. The third kappa shape index (κ3) is 5.89. The van der Waals surface area contributed by atoms with E-state index in [-0.39, 0.29) is 17.7 Å². The highest BCUT2D eigenvalue weighted by molar-refractivity contribution is 6.36. The molecule has 4 N–H and O–H groups in total. The number of aliphatic carboxylic acids is 1. The molecule has 0 aromatic heterocycles. The van der Waals surface area contributed by atoms with Crippen molar-refractivity contribution in [3.8, 4) is 0 Å². The number of hydrogen-bond acceptors (Lipinski definition) is 6. The van der Waals surface area contributed by atoms with Gasteiger partial charge < -0.3 is 26.0 Å². The van der Waals surface area contributed by atoms with Gasteiger partial charge in [0.25, 0.3) is 11.8 Å². The zero-order valence-corrected chi connectivity index (χ0v) is 21.3. The number of ketones is 1. The number of rotatable bonds is 8. The highest BCUT2D eigenvalue weighted by Crippen LogP contribution is 2.38. The summed E-state index contributed by atoms with van der Waals surface area (Å²) in [5, 5.41) is 17.7. The van der Waals surface area contributed by atoms with E-state index in [0.717, 1.165) is 31.2 Å². The van der Waals surface area contributed by atoms with Crippen LogP contribution in [-0.4, -0.2) is 66.3 Å². The summed E-state index contributed by atoms with van der Waals surface area (Å²) in [6.07, 6.45) is 3.95. The topological polar surface area (TPSA) is 128 Å². The van der Waals surface area contributed by atoms with Crippen molar-refractivity contribution in [2.75, 3.05) is 26.0 Å². The maximum absolute atomic E-state index is 13.2. The SMILES string of the molecule is CC(=O)c1ccc2c(c1)C(=C(N[C@H]1CC[C@H](N(C)C)CC1)c1ccc(C(=O)NCC(=O)O)cc1)C(=O)N2. The fraction of sp³-hybridized carbons (Fsp3) is 0.357. The van der Waals surface area contributed by atoms with Crippen molar-refractivity contribution in [3.05, 3.63) is 64.7 Å². The Morgan fingerprint density at radius 1 is 0.973 bits per heavy atom. The van der Waals surface area contributed by atoms with Gasteiger partial charge in [0, 0.05) is 34.5 Å². The fourth-order valence-corrected chi connectivity index (χ4v) is 4.92. The number of amides is 2. The van der Waals surface area contributed by atoms with Gasteiger partial charge in [0.2, 0.25) is 0 Å². The van der Waals surface area contributed by atoms with Crippen LogP contribution in [0.1, 0.15) is 64.4 Å². The summed E-state index contributed by atoms with van der Waals surface area (Å²) in [7, 11) is 4.18. The highest BCUT2D eigenvalue weighted by Gasteiger charge is 2.31. The predicted octanol–water partition coefficient (Wildman–Crippen LogP) is 2.99. The second-order valence-electron chi connectivity index (χ2n) is 9.79. The minimum Gasteiger partial charge on any atom is -0.480 e. The number of nitrogens with one attached hydrogen (secondary N) is 3. The minimum atomic E-state index is -1.12. The summed E-state index contributed by atoms with van der Waals surface area (Å²) in [5.41, 5.74) is 3.95. The van der Waals surface area contributed by atoms with Crippen LogP contribution in [0.15, 0.2) is 42.5 Å². The van der Waals surface area contributed by atoms with Crippen molar-refractivity contribution in [1.29, 1.82) is 0 Å². The Balaban J connectivity index is 1.72. The van der Waals surface area contributed by atoms with Gasteiger partial charge in [-0.05, 0) is 82.6 Å². The summed E-state index contributed by atoms with van der Waals surface area (Å²) in [4.78, 5) is 50.6. The molecule has 2 aromatic rings. The van der Waals surface area contributed by atoms with Crippen LogP contribution in [0.2, 0.25) is 0 Å². The molecule has 9 heteroatoms. The molecule has 4 rings (SSSR count). The molecule has 0 radical (unpaired) electrons. The number of benzene rings is 2. The number of carbonyl (C=O) groups excluding carboxylic acids is 3. The van der Waals surface area contributed by atoms with E-state index in [1.165, 1.54) is 6.92 Å². The van der Waals surface area contributed by atoms with Crippen LogP contribution in [0.25, 0.3) is 11.3 Å². The maximum atomic E-state index is 13.2. The first-order valence-corrected chi connectivity index (χ1v) is 12.4. The molecule has 1 saturated carbocycles. The number of anilines is 1. The Morgan fingerprint density at radius 3 is 2.19 bits per heavy atom. The number of fused-ring (bicyclic) bond motifs is 1. The van der Waals surface area contributed by atoms with Gasteiger partial charge >= 0.3 is 5.97 Å². The molecule has 1 aliphatic heterocycles. The zero-order chi connectivity index (χ0) is 26.7. The van der Waals surface area contributed by atoms with Crippen LogP contribution in [0.4, 0.5) is 5.69 Å². The maximum Gasteiger partial charge on any atom is 0.322 e. The first-order chi connectivity index (χ1) is 17.6. The van der Waals surface area contributed by atoms with Crippen LogP contribution in [-0.2, 0) is 9.59 Å². The van der Waals surface area contributed by atoms with Crippen molar-refractivity contribution in [2.45, 2.75) is 44.7 Å². The number of carboxylic acids is 1. The van der Waals surface area contributed by atoms with Gasteiger partial charge in [-0.15, -0.1) is 0 Å². The lowest BCUT2D eigenvalue weighted by Gasteiger charge is -2.34. The molecule has 194 valence electrons. The third-order valence-electron chi connectivity index (χ3n) is 7.03. The van der Waals surface area contributed by atoms with Crippen LogP contribution < -0.4 is 16.0 Å². The Kier molecular flexibility index (Phi) is 7.73. The molecular formula is C28H32N4O5. The van der Waals surface area contributed by atoms with Gasteiger partial charge in [0.1, 0.15) is 6.54 Å². The monoisotopic (exact) mass is 504 g/mol. The summed E-state index contributed by atoms with van der Waals surface area (Å²) >= 11 is 0. The van der Waals surface area contributed by atoms with Crippen LogP contribution in [0.3, 0.4) is 0 Å². The Bertz CT molecular complexity index is 1260. The van der Waals surface area contributed by atoms with E-state index in [2.05, 4.69) is 34.9 Å². The summed E-state index contributed by atoms with van der Waals surface area (Å²) < 4.78 is 0. The fourth-order valence-electron chi connectivity index (χ4n) is 4.92. The van der Waals surface area contributed by atoms with E-state index >= 15 is 0 Å². The van der Waals surface area contributed by atoms with Gasteiger partial charge in [0.05, 0.1) is 11.3 Å². The van der Waals surface area contributed by atoms with Crippen molar-refractivity contribution in [1.82, 2.24) is 15.5 Å². The van der Waals surface area contributed by atoms with Gasteiger partial charge in [-0.3, -0.25) is 19.2 Å². The van der Waals surface area contributed by atoms with Crippen molar-refractivity contribution >= 4 is 40.5 Å². The Hall–Kier alpha value is -3.98. The normalized spacial score (nSPS) is 20.2. The highest BCUT2D eigenvalue weighted by atomic mass is 16.4. The molecule has 9 nitrogen and oxygen atoms in total. The number of nitrogens with zero attached hydrogens (tertiary/aromatic N) is 1. The second kappa shape index (κ2) is 11.0. The first kappa shape index (κ1) is 26.1. The third-order valence-corrected chi connectivity index (χ3v) is 7.03. The lowest BCUT2D eigenvalue weighted by Crippen LogP contribution is -2.39. The Labute approximate surface area is 215 Å². The molecule has 37 heavy (non-hydrogen) atoms. The van der Waals surface area contributed by atoms with Gasteiger partial charge in [-0.1, -0.05) is 12.1 Å². The van der Waals surface area contributed by atoms with Crippen molar-refractivity contribution < 1.29 is 24.3 Å². The summed E-state index contributed by atoms with van der Waals surface area (Å²) in [6, 6.07) is 12.6. The average molecular weight is 505 g/mol. The average Bonchev–Trinajstić information content (AvgIpc) is 3.20. The molecular weight excluding hydrogens is 472 g/mol. The molecule has 1 heterocycles. The first-order valence-electron chi connectivity index (χ1n) is 12.4. The summed E-state index contributed by atoms with van der Waals surface area (Å²) in [5.74, 6) is -1.97. The lowest BCUT2D eigenvalue weighted by atomic mass is 9.89. The van der Waals surface area contributed by atoms with Gasteiger partial charge in [-0.2, -0.15) is 0 Å². The molecule has 2 aromatic carbocycles. The molecule has 0 spiro atoms. The van der Waals surface area contributed by atoms with E-state index in [1.54, 1.807) is 42.5 Å². The number of carboxylic acid groups (broad SMARTS) is 1. The molecule has 0 atom stereocenters. The summed E-state index contributed by atoms with van der Waals surface area (Å²) in [6.45, 7) is 1.02. The van der Waals surface area contributed by atoms with E-state index in [1.807, 2.05) is 0 Å². The Morgan fingerprint density at radius 2 is 1.59 bits per heavy atom. The number of hydrogen-bond donors (Lipinski definition) is 4. The second-order valence-corrected chi connectivity index (χ2v) is 9.79. The molecule has 2 amide bonds. The van der Waals surface area contributed by atoms with E-state index in [0.29, 0.717) is 39.7 Å². The van der Waals surface area contributed by atoms with Crippen molar-refractivity contribution in [3.63, 3.8) is 0 Å². The number of Topliss-reactive ketones (excluding diaryl/α,β-unsaturated/α-hetero) is 1. The molecule has 2 aliphatic rings. The van der Waals surface area contributed by atoms with Gasteiger partial charge in [-0.25, -0.2) is 0 Å². The molecule has 1 aliphatic carbocycles. The smallest absolute Gasteiger partial charge is 0.322 e. The van der Waals surface area contributed by atoms with Crippen molar-refractivity contribution in [2.24, 2.45) is 0 Å². The molecule has 0 bridgehead atoms. The van der Waals surface area contributed by atoms with Gasteiger partial charge in [0.15, 0.2) is 5.78 Å². The molecule has 0 saturated heterocycles. The van der Waals surface area contributed by atoms with Crippen LogP contribution >= 0.6 is 0 Å². The standard InChI is InChI=1S/C28H32N4O5/c1-16(33)19-8-13-23-22(14-19)25(28(37)31-23)26(30-20-9-11-21(12-10-20)32(2)3)17-4-6-18(7-5-17)27(36)29-15-24(34)35/h4-8,13-14,20-21,30H,9-12,15H2,1-3H3,(H,29,36)(H,31,37)(H,34,35)/t20-,21-. The van der Waals surface area contributed by atoms with E-state index < -0.39 is 18.4 Å². The largest absolute Gasteiger partial charge is 0.480 e. The van der Waals surface area contributed by atoms with E-state index in [4.69, 9.17) is 5.11 Å². The molecule has 1 fully saturated rings.